The monoisotopic (exact) mass is 234 g/mol. The van der Waals surface area contributed by atoms with Gasteiger partial charge in [-0.05, 0) is 39.5 Å². The lowest BCUT2D eigenvalue weighted by molar-refractivity contribution is -0.155. The third kappa shape index (κ3) is 2.46. The van der Waals surface area contributed by atoms with E-state index in [1.165, 1.54) is 30.9 Å². The number of fused-ring (bicyclic) bond motifs is 1. The fourth-order valence-corrected chi connectivity index (χ4v) is 3.36. The second-order valence-electron chi connectivity index (χ2n) is 5.78. The molecule has 2 aliphatic rings. The van der Waals surface area contributed by atoms with Crippen LogP contribution in [0, 0.1) is 5.92 Å². The van der Waals surface area contributed by atoms with Gasteiger partial charge in [-0.25, -0.2) is 0 Å². The van der Waals surface area contributed by atoms with E-state index in [1.54, 1.807) is 5.57 Å². The fraction of sp³-hybridized carbons (Fsp3) is 0.667. The van der Waals surface area contributed by atoms with E-state index >= 15 is 0 Å². The van der Waals surface area contributed by atoms with Crippen LogP contribution in [0.3, 0.4) is 0 Å². The van der Waals surface area contributed by atoms with Crippen LogP contribution in [0.1, 0.15) is 52.9 Å². The van der Waals surface area contributed by atoms with Gasteiger partial charge in [-0.15, -0.1) is 0 Å². The average molecular weight is 234 g/mol. The predicted molar refractivity (Wildman–Crippen MR) is 68.6 cm³/mol. The smallest absolute Gasteiger partial charge is 0.303 e. The van der Waals surface area contributed by atoms with E-state index in [-0.39, 0.29) is 11.6 Å². The van der Waals surface area contributed by atoms with Gasteiger partial charge in [-0.1, -0.05) is 23.3 Å². The van der Waals surface area contributed by atoms with Crippen molar-refractivity contribution in [2.45, 2.75) is 58.5 Å². The first-order valence-electron chi connectivity index (χ1n) is 6.47. The summed E-state index contributed by atoms with van der Waals surface area (Å²) in [6.45, 7) is 9.99. The van der Waals surface area contributed by atoms with E-state index in [0.29, 0.717) is 5.92 Å². The Morgan fingerprint density at radius 3 is 2.82 bits per heavy atom. The zero-order valence-electron chi connectivity index (χ0n) is 11.1. The summed E-state index contributed by atoms with van der Waals surface area (Å²) in [5.74, 6) is 0.366. The molecule has 2 nitrogen and oxygen atoms in total. The van der Waals surface area contributed by atoms with E-state index in [4.69, 9.17) is 4.74 Å². The molecule has 94 valence electrons. The third-order valence-electron chi connectivity index (χ3n) is 4.18. The molecule has 1 fully saturated rings. The number of carbonyl (C=O) groups excluding carboxylic acids is 1. The standard InChI is InChI=1S/C15H22O2/c1-10-5-6-13-11(2)9-15(4,17-12(3)16)8-7-14(10)13/h13H,2,5-9H2,1,3-4H3. The van der Waals surface area contributed by atoms with Crippen molar-refractivity contribution in [3.63, 3.8) is 0 Å². The van der Waals surface area contributed by atoms with Gasteiger partial charge in [-0.2, -0.15) is 0 Å². The zero-order chi connectivity index (χ0) is 12.6. The molecular formula is C15H22O2. The van der Waals surface area contributed by atoms with Gasteiger partial charge in [0.15, 0.2) is 0 Å². The van der Waals surface area contributed by atoms with Crippen molar-refractivity contribution in [3.8, 4) is 0 Å². The Morgan fingerprint density at radius 2 is 2.18 bits per heavy atom. The summed E-state index contributed by atoms with van der Waals surface area (Å²) in [7, 11) is 0. The Kier molecular flexibility index (Phi) is 3.15. The van der Waals surface area contributed by atoms with Crippen molar-refractivity contribution in [1.82, 2.24) is 0 Å². The Balaban J connectivity index is 2.21. The number of allylic oxidation sites excluding steroid dienone is 2. The highest BCUT2D eigenvalue weighted by Gasteiger charge is 2.37. The van der Waals surface area contributed by atoms with Gasteiger partial charge < -0.3 is 4.74 Å². The second kappa shape index (κ2) is 4.32. The van der Waals surface area contributed by atoms with Gasteiger partial charge in [0.1, 0.15) is 5.60 Å². The van der Waals surface area contributed by atoms with Gasteiger partial charge in [-0.3, -0.25) is 4.79 Å². The molecule has 2 aliphatic carbocycles. The lowest BCUT2D eigenvalue weighted by atomic mass is 9.90. The molecule has 0 heterocycles. The van der Waals surface area contributed by atoms with Crippen LogP contribution in [-0.2, 0) is 9.53 Å². The van der Waals surface area contributed by atoms with Crippen molar-refractivity contribution in [2.24, 2.45) is 5.92 Å². The molecular weight excluding hydrogens is 212 g/mol. The van der Waals surface area contributed by atoms with Crippen LogP contribution >= 0.6 is 0 Å². The Hall–Kier alpha value is -1.05. The largest absolute Gasteiger partial charge is 0.459 e. The van der Waals surface area contributed by atoms with Gasteiger partial charge >= 0.3 is 5.97 Å². The first kappa shape index (κ1) is 12.4. The molecule has 2 unspecified atom stereocenters. The number of ether oxygens (including phenoxy) is 1. The summed E-state index contributed by atoms with van der Waals surface area (Å²) >= 11 is 0. The van der Waals surface area contributed by atoms with E-state index < -0.39 is 0 Å². The molecule has 17 heavy (non-hydrogen) atoms. The van der Waals surface area contributed by atoms with E-state index in [2.05, 4.69) is 13.5 Å². The van der Waals surface area contributed by atoms with E-state index in [0.717, 1.165) is 19.3 Å². The maximum atomic E-state index is 11.2. The summed E-state index contributed by atoms with van der Waals surface area (Å²) in [5.41, 5.74) is 3.99. The zero-order valence-corrected chi connectivity index (χ0v) is 11.1. The summed E-state index contributed by atoms with van der Waals surface area (Å²) in [5, 5.41) is 0. The SMILES string of the molecule is C=C1CC(C)(OC(C)=O)CCC2=C(C)CCC12. The van der Waals surface area contributed by atoms with Gasteiger partial charge in [0, 0.05) is 19.3 Å². The Bertz CT molecular complexity index is 392. The fourth-order valence-electron chi connectivity index (χ4n) is 3.36. The van der Waals surface area contributed by atoms with Crippen LogP contribution in [0.2, 0.25) is 0 Å². The average Bonchev–Trinajstić information content (AvgIpc) is 2.49. The van der Waals surface area contributed by atoms with Crippen molar-refractivity contribution < 1.29 is 9.53 Å². The van der Waals surface area contributed by atoms with Gasteiger partial charge in [0.25, 0.3) is 0 Å². The summed E-state index contributed by atoms with van der Waals surface area (Å²) in [6.07, 6.45) is 5.21. The topological polar surface area (TPSA) is 26.3 Å². The first-order chi connectivity index (χ1) is 7.91. The summed E-state index contributed by atoms with van der Waals surface area (Å²) < 4.78 is 5.51. The number of hydrogen-bond acceptors (Lipinski definition) is 2. The van der Waals surface area contributed by atoms with Crippen LogP contribution in [0.4, 0.5) is 0 Å². The molecule has 0 aliphatic heterocycles. The highest BCUT2D eigenvalue weighted by Crippen LogP contribution is 2.46. The highest BCUT2D eigenvalue weighted by molar-refractivity contribution is 5.66. The van der Waals surface area contributed by atoms with Crippen LogP contribution in [0.25, 0.3) is 0 Å². The van der Waals surface area contributed by atoms with E-state index in [9.17, 15) is 4.79 Å². The minimum absolute atomic E-state index is 0.182. The molecule has 0 saturated heterocycles. The summed E-state index contributed by atoms with van der Waals surface area (Å²) in [6, 6.07) is 0. The number of esters is 1. The lowest BCUT2D eigenvalue weighted by Gasteiger charge is -2.28. The molecule has 0 aromatic carbocycles. The molecule has 0 bridgehead atoms. The molecule has 1 saturated carbocycles. The predicted octanol–water partition coefficient (Wildman–Crippen LogP) is 3.77. The van der Waals surface area contributed by atoms with Crippen LogP contribution in [0.15, 0.2) is 23.3 Å². The van der Waals surface area contributed by atoms with E-state index in [1.807, 2.05) is 6.92 Å². The minimum Gasteiger partial charge on any atom is -0.459 e. The Labute approximate surface area is 104 Å². The highest BCUT2D eigenvalue weighted by atomic mass is 16.6. The molecule has 2 rings (SSSR count). The van der Waals surface area contributed by atoms with Crippen LogP contribution in [-0.4, -0.2) is 11.6 Å². The molecule has 0 aromatic heterocycles. The van der Waals surface area contributed by atoms with Crippen LogP contribution < -0.4 is 0 Å². The quantitative estimate of drug-likeness (QED) is 0.510. The third-order valence-corrected chi connectivity index (χ3v) is 4.18. The molecule has 2 atom stereocenters. The minimum atomic E-state index is -0.347. The normalized spacial score (nSPS) is 33.4. The second-order valence-corrected chi connectivity index (χ2v) is 5.78. The molecule has 0 aromatic rings. The maximum Gasteiger partial charge on any atom is 0.303 e. The number of rotatable bonds is 1. The molecule has 0 N–H and O–H groups in total. The molecule has 2 heteroatoms. The number of hydrogen-bond donors (Lipinski definition) is 0. The Morgan fingerprint density at radius 1 is 1.47 bits per heavy atom. The molecule has 0 amide bonds. The molecule has 0 spiro atoms. The lowest BCUT2D eigenvalue weighted by Crippen LogP contribution is -2.30. The van der Waals surface area contributed by atoms with Crippen molar-refractivity contribution in [3.05, 3.63) is 23.3 Å². The molecule has 0 radical (unpaired) electrons. The van der Waals surface area contributed by atoms with Crippen molar-refractivity contribution in [1.29, 1.82) is 0 Å². The number of carbonyl (C=O) groups is 1. The van der Waals surface area contributed by atoms with Crippen LogP contribution in [0.5, 0.6) is 0 Å². The maximum absolute atomic E-state index is 11.2. The first-order valence-corrected chi connectivity index (χ1v) is 6.47. The van der Waals surface area contributed by atoms with Gasteiger partial charge in [0.2, 0.25) is 0 Å². The summed E-state index contributed by atoms with van der Waals surface area (Å²) in [4.78, 5) is 11.2. The van der Waals surface area contributed by atoms with Crippen molar-refractivity contribution >= 4 is 5.97 Å². The van der Waals surface area contributed by atoms with Crippen molar-refractivity contribution in [2.75, 3.05) is 0 Å². The van der Waals surface area contributed by atoms with Gasteiger partial charge in [0.05, 0.1) is 0 Å².